The van der Waals surface area contributed by atoms with E-state index in [0.717, 1.165) is 25.9 Å². The van der Waals surface area contributed by atoms with Gasteiger partial charge < -0.3 is 10.6 Å². The van der Waals surface area contributed by atoms with Gasteiger partial charge in [-0.1, -0.05) is 38.5 Å². The fraction of sp³-hybridized carbons (Fsp3) is 0.577. The molecule has 1 aromatic heterocycles. The monoisotopic (exact) mass is 393 g/mol. The highest BCUT2D eigenvalue weighted by Gasteiger charge is 2.13. The van der Waals surface area contributed by atoms with E-state index in [1.165, 1.54) is 73.9 Å². The van der Waals surface area contributed by atoms with Crippen molar-refractivity contribution in [2.45, 2.75) is 84.1 Å². The zero-order chi connectivity index (χ0) is 20.3. The number of anilines is 1. The number of benzene rings is 1. The molecule has 3 nitrogen and oxygen atoms in total. The summed E-state index contributed by atoms with van der Waals surface area (Å²) in [6.45, 7) is 6.71. The van der Waals surface area contributed by atoms with E-state index in [-0.39, 0.29) is 0 Å². The summed E-state index contributed by atoms with van der Waals surface area (Å²) in [5, 5.41) is 7.46. The number of hydrogen-bond acceptors (Lipinski definition) is 3. The molecular weight excluding hydrogens is 354 g/mol. The first-order chi connectivity index (χ1) is 14.3. The molecule has 1 aliphatic carbocycles. The first kappa shape index (κ1) is 21.8. The number of rotatable bonds is 12. The topological polar surface area (TPSA) is 37.0 Å². The highest BCUT2D eigenvalue weighted by Crippen LogP contribution is 2.23. The average molecular weight is 394 g/mol. The van der Waals surface area contributed by atoms with Gasteiger partial charge in [0, 0.05) is 23.6 Å². The van der Waals surface area contributed by atoms with Crippen LogP contribution in [0.25, 0.3) is 0 Å². The zero-order valence-corrected chi connectivity index (χ0v) is 18.5. The van der Waals surface area contributed by atoms with Gasteiger partial charge in [0.1, 0.15) is 0 Å². The number of fused-ring (bicyclic) bond motifs is 1. The number of aryl methyl sites for hydroxylation is 3. The normalized spacial score (nSPS) is 14.4. The molecule has 158 valence electrons. The van der Waals surface area contributed by atoms with Crippen molar-refractivity contribution in [3.05, 3.63) is 58.9 Å². The van der Waals surface area contributed by atoms with Crippen molar-refractivity contribution in [2.24, 2.45) is 0 Å². The molecule has 3 rings (SSSR count). The average Bonchev–Trinajstić information content (AvgIpc) is 2.76. The van der Waals surface area contributed by atoms with E-state index in [1.807, 2.05) is 6.20 Å². The maximum atomic E-state index is 4.60. The van der Waals surface area contributed by atoms with Gasteiger partial charge >= 0.3 is 0 Å². The summed E-state index contributed by atoms with van der Waals surface area (Å²) in [6, 6.07) is 11.6. The molecule has 1 unspecified atom stereocenters. The van der Waals surface area contributed by atoms with Gasteiger partial charge in [-0.3, -0.25) is 4.98 Å². The van der Waals surface area contributed by atoms with Gasteiger partial charge in [-0.25, -0.2) is 0 Å². The first-order valence-electron chi connectivity index (χ1n) is 11.8. The van der Waals surface area contributed by atoms with E-state index in [2.05, 4.69) is 59.8 Å². The molecule has 1 heterocycles. The van der Waals surface area contributed by atoms with E-state index in [4.69, 9.17) is 0 Å². The lowest BCUT2D eigenvalue weighted by Crippen LogP contribution is -2.26. The van der Waals surface area contributed by atoms with Gasteiger partial charge in [0.05, 0.1) is 0 Å². The zero-order valence-electron chi connectivity index (χ0n) is 18.5. The lowest BCUT2D eigenvalue weighted by Gasteiger charge is -2.21. The Morgan fingerprint density at radius 1 is 0.966 bits per heavy atom. The van der Waals surface area contributed by atoms with Crippen molar-refractivity contribution in [3.8, 4) is 0 Å². The lowest BCUT2D eigenvalue weighted by atomic mass is 9.91. The van der Waals surface area contributed by atoms with Crippen LogP contribution in [-0.2, 0) is 25.7 Å². The van der Waals surface area contributed by atoms with Crippen LogP contribution in [0.1, 0.15) is 74.8 Å². The molecule has 29 heavy (non-hydrogen) atoms. The van der Waals surface area contributed by atoms with Crippen LogP contribution >= 0.6 is 0 Å². The predicted octanol–water partition coefficient (Wildman–Crippen LogP) is 5.72. The maximum absolute atomic E-state index is 4.60. The summed E-state index contributed by atoms with van der Waals surface area (Å²) in [5.74, 6) is 0. The summed E-state index contributed by atoms with van der Waals surface area (Å²) in [5.41, 5.74) is 7.23. The van der Waals surface area contributed by atoms with E-state index >= 15 is 0 Å². The fourth-order valence-corrected chi connectivity index (χ4v) is 4.48. The van der Waals surface area contributed by atoms with E-state index in [9.17, 15) is 0 Å². The van der Waals surface area contributed by atoms with Crippen LogP contribution in [0.15, 0.2) is 36.5 Å². The highest BCUT2D eigenvalue weighted by atomic mass is 14.9. The molecule has 2 N–H and O–H groups in total. The summed E-state index contributed by atoms with van der Waals surface area (Å²) in [6.07, 6.45) is 14.1. The van der Waals surface area contributed by atoms with Gasteiger partial charge in [-0.2, -0.15) is 0 Å². The fourth-order valence-electron chi connectivity index (χ4n) is 4.48. The van der Waals surface area contributed by atoms with Crippen LogP contribution in [0.3, 0.4) is 0 Å². The maximum Gasteiger partial charge on any atom is 0.0438 e. The molecule has 1 aromatic carbocycles. The second kappa shape index (κ2) is 12.0. The minimum atomic E-state index is 0.535. The van der Waals surface area contributed by atoms with Gasteiger partial charge in [0.25, 0.3) is 0 Å². The standard InChI is InChI=1S/C26H39N3/c1-3-10-22-11-5-7-14-25(22)29-23(4-2)17-19-27-18-9-12-21-16-20-28-26-15-8-6-13-24(21)26/h5,7,11,14,16,20,23,27,29H,3-4,6,8-10,12-13,15,17-19H2,1-2H3. The van der Waals surface area contributed by atoms with Crippen LogP contribution < -0.4 is 10.6 Å². The second-order valence-electron chi connectivity index (χ2n) is 8.40. The Bertz CT molecular complexity index is 740. The number of nitrogens with one attached hydrogen (secondary N) is 2. The van der Waals surface area contributed by atoms with Gasteiger partial charge in [-0.05, 0) is 99.7 Å². The number of pyridine rings is 1. The van der Waals surface area contributed by atoms with Crippen LogP contribution in [0.2, 0.25) is 0 Å². The summed E-state index contributed by atoms with van der Waals surface area (Å²) >= 11 is 0. The molecule has 0 fully saturated rings. The van der Waals surface area contributed by atoms with Crippen molar-refractivity contribution in [1.29, 1.82) is 0 Å². The van der Waals surface area contributed by atoms with Crippen LogP contribution in [0.4, 0.5) is 5.69 Å². The molecular formula is C26H39N3. The van der Waals surface area contributed by atoms with Gasteiger partial charge in [0.15, 0.2) is 0 Å². The van der Waals surface area contributed by atoms with Crippen molar-refractivity contribution in [2.75, 3.05) is 18.4 Å². The molecule has 0 bridgehead atoms. The third-order valence-corrected chi connectivity index (χ3v) is 6.19. The number of para-hydroxylation sites is 1. The third-order valence-electron chi connectivity index (χ3n) is 6.19. The minimum absolute atomic E-state index is 0.535. The third kappa shape index (κ3) is 6.57. The minimum Gasteiger partial charge on any atom is -0.382 e. The van der Waals surface area contributed by atoms with Crippen LogP contribution in [0, 0.1) is 0 Å². The van der Waals surface area contributed by atoms with E-state index in [1.54, 1.807) is 5.56 Å². The highest BCUT2D eigenvalue weighted by molar-refractivity contribution is 5.51. The van der Waals surface area contributed by atoms with Gasteiger partial charge in [-0.15, -0.1) is 0 Å². The molecule has 0 amide bonds. The van der Waals surface area contributed by atoms with Gasteiger partial charge in [0.2, 0.25) is 0 Å². The Morgan fingerprint density at radius 3 is 2.69 bits per heavy atom. The second-order valence-corrected chi connectivity index (χ2v) is 8.40. The number of nitrogens with zero attached hydrogens (tertiary/aromatic N) is 1. The summed E-state index contributed by atoms with van der Waals surface area (Å²) < 4.78 is 0. The smallest absolute Gasteiger partial charge is 0.0438 e. The van der Waals surface area contributed by atoms with Crippen LogP contribution in [0.5, 0.6) is 0 Å². The summed E-state index contributed by atoms with van der Waals surface area (Å²) in [4.78, 5) is 4.60. The molecule has 1 aliphatic rings. The Morgan fingerprint density at radius 2 is 1.83 bits per heavy atom. The predicted molar refractivity (Wildman–Crippen MR) is 125 cm³/mol. The summed E-state index contributed by atoms with van der Waals surface area (Å²) in [7, 11) is 0. The SMILES string of the molecule is CCCc1ccccc1NC(CC)CCNCCCc1ccnc2c1CCCC2. The number of aromatic nitrogens is 1. The molecule has 0 spiro atoms. The Labute approximate surface area is 177 Å². The first-order valence-corrected chi connectivity index (χ1v) is 11.8. The molecule has 3 heteroatoms. The van der Waals surface area contributed by atoms with Crippen molar-refractivity contribution >= 4 is 5.69 Å². The van der Waals surface area contributed by atoms with Crippen molar-refractivity contribution in [1.82, 2.24) is 10.3 Å². The van der Waals surface area contributed by atoms with Crippen molar-refractivity contribution in [3.63, 3.8) is 0 Å². The van der Waals surface area contributed by atoms with Crippen molar-refractivity contribution < 1.29 is 0 Å². The van der Waals surface area contributed by atoms with E-state index < -0.39 is 0 Å². The molecule has 0 radical (unpaired) electrons. The molecule has 1 atom stereocenters. The molecule has 0 saturated heterocycles. The largest absolute Gasteiger partial charge is 0.382 e. The Kier molecular flexibility index (Phi) is 9.01. The van der Waals surface area contributed by atoms with E-state index in [0.29, 0.717) is 6.04 Å². The lowest BCUT2D eigenvalue weighted by molar-refractivity contribution is 0.563. The Hall–Kier alpha value is -1.87. The Balaban J connectivity index is 1.38. The molecule has 0 saturated carbocycles. The quantitative estimate of drug-likeness (QED) is 0.453. The molecule has 0 aliphatic heterocycles. The molecule has 2 aromatic rings. The van der Waals surface area contributed by atoms with Crippen LogP contribution in [-0.4, -0.2) is 24.1 Å². The number of hydrogen-bond donors (Lipinski definition) is 2.